The average Bonchev–Trinajstić information content (AvgIpc) is 3.32. The molecular weight excluding hydrogens is 280 g/mol. The molecule has 0 amide bonds. The van der Waals surface area contributed by atoms with E-state index < -0.39 is 0 Å². The molecule has 104 valence electrons. The largest absolute Gasteiger partial charge is 0.480 e. The van der Waals surface area contributed by atoms with E-state index in [-0.39, 0.29) is 6.01 Å². The molecule has 3 rings (SSSR count). The van der Waals surface area contributed by atoms with Crippen LogP contribution in [0.2, 0.25) is 5.15 Å². The van der Waals surface area contributed by atoms with Crippen molar-refractivity contribution < 1.29 is 9.47 Å². The summed E-state index contributed by atoms with van der Waals surface area (Å²) in [6.45, 7) is 0. The SMILES string of the molecule is COc1ncc(-c2cc(C3CC3)c(Cl)nn2)c(OC)n1. The second-order valence-electron chi connectivity index (χ2n) is 4.53. The van der Waals surface area contributed by atoms with E-state index in [1.54, 1.807) is 6.20 Å². The summed E-state index contributed by atoms with van der Waals surface area (Å²) >= 11 is 6.08. The van der Waals surface area contributed by atoms with Gasteiger partial charge in [0.05, 0.1) is 19.8 Å². The maximum atomic E-state index is 6.08. The topological polar surface area (TPSA) is 70.0 Å². The summed E-state index contributed by atoms with van der Waals surface area (Å²) in [6, 6.07) is 2.18. The fourth-order valence-corrected chi connectivity index (χ4v) is 2.23. The van der Waals surface area contributed by atoms with Gasteiger partial charge in [-0.05, 0) is 30.4 Å². The lowest BCUT2D eigenvalue weighted by Gasteiger charge is -2.09. The van der Waals surface area contributed by atoms with Gasteiger partial charge in [-0.15, -0.1) is 10.2 Å². The van der Waals surface area contributed by atoms with Crippen LogP contribution in [0.5, 0.6) is 11.9 Å². The molecule has 1 saturated carbocycles. The standard InChI is InChI=1S/C13H13ClN4O2/c1-19-12-9(6-15-13(16-12)20-2)10-5-8(7-3-4-7)11(14)18-17-10/h5-7H,3-4H2,1-2H3. The molecule has 0 bridgehead atoms. The molecule has 0 N–H and O–H groups in total. The number of aromatic nitrogens is 4. The van der Waals surface area contributed by atoms with Gasteiger partial charge in [-0.25, -0.2) is 4.98 Å². The molecule has 0 radical (unpaired) electrons. The molecule has 1 aliphatic rings. The summed E-state index contributed by atoms with van der Waals surface area (Å²) in [5, 5.41) is 8.57. The van der Waals surface area contributed by atoms with Crippen LogP contribution in [0.1, 0.15) is 24.3 Å². The van der Waals surface area contributed by atoms with Gasteiger partial charge < -0.3 is 9.47 Å². The quantitative estimate of drug-likeness (QED) is 0.862. The Kier molecular flexibility index (Phi) is 3.40. The minimum atomic E-state index is 0.245. The fraction of sp³-hybridized carbons (Fsp3) is 0.385. The zero-order valence-corrected chi connectivity index (χ0v) is 11.9. The molecule has 0 spiro atoms. The summed E-state index contributed by atoms with van der Waals surface area (Å²) in [5.41, 5.74) is 2.34. The van der Waals surface area contributed by atoms with Crippen molar-refractivity contribution in [2.45, 2.75) is 18.8 Å². The Hall–Kier alpha value is -1.95. The molecule has 7 heteroatoms. The molecule has 20 heavy (non-hydrogen) atoms. The van der Waals surface area contributed by atoms with Crippen LogP contribution in [0.4, 0.5) is 0 Å². The van der Waals surface area contributed by atoms with Crippen molar-refractivity contribution >= 4 is 11.6 Å². The minimum absolute atomic E-state index is 0.245. The number of halogens is 1. The maximum absolute atomic E-state index is 6.08. The van der Waals surface area contributed by atoms with Gasteiger partial charge in [0.2, 0.25) is 5.88 Å². The summed E-state index contributed by atoms with van der Waals surface area (Å²) in [6.07, 6.45) is 3.89. The van der Waals surface area contributed by atoms with Crippen molar-refractivity contribution in [1.29, 1.82) is 0 Å². The van der Waals surface area contributed by atoms with Gasteiger partial charge in [0, 0.05) is 6.20 Å². The van der Waals surface area contributed by atoms with Crippen molar-refractivity contribution in [3.05, 3.63) is 23.0 Å². The van der Waals surface area contributed by atoms with Crippen LogP contribution in [0.3, 0.4) is 0 Å². The van der Waals surface area contributed by atoms with Crippen LogP contribution in [-0.2, 0) is 0 Å². The van der Waals surface area contributed by atoms with E-state index in [1.807, 2.05) is 6.07 Å². The normalized spacial score (nSPS) is 14.2. The van der Waals surface area contributed by atoms with Crippen LogP contribution in [-0.4, -0.2) is 34.4 Å². The van der Waals surface area contributed by atoms with Crippen molar-refractivity contribution in [3.8, 4) is 23.1 Å². The Morgan fingerprint density at radius 1 is 1.20 bits per heavy atom. The van der Waals surface area contributed by atoms with Gasteiger partial charge >= 0.3 is 6.01 Å². The molecule has 2 aromatic heterocycles. The lowest BCUT2D eigenvalue weighted by Crippen LogP contribution is -2.00. The first-order chi connectivity index (χ1) is 9.72. The summed E-state index contributed by atoms with van der Waals surface area (Å²) in [7, 11) is 3.04. The Labute approximate surface area is 121 Å². The average molecular weight is 293 g/mol. The molecule has 0 aromatic carbocycles. The molecule has 0 aliphatic heterocycles. The Morgan fingerprint density at radius 2 is 2.00 bits per heavy atom. The highest BCUT2D eigenvalue weighted by Crippen LogP contribution is 2.43. The molecule has 6 nitrogen and oxygen atoms in total. The third-order valence-electron chi connectivity index (χ3n) is 3.18. The summed E-state index contributed by atoms with van der Waals surface area (Å²) in [4.78, 5) is 8.22. The van der Waals surface area contributed by atoms with E-state index in [9.17, 15) is 0 Å². The van der Waals surface area contributed by atoms with E-state index in [2.05, 4.69) is 20.2 Å². The van der Waals surface area contributed by atoms with E-state index in [0.717, 1.165) is 18.4 Å². The van der Waals surface area contributed by atoms with Crippen LogP contribution in [0.25, 0.3) is 11.3 Å². The molecule has 2 aromatic rings. The summed E-state index contributed by atoms with van der Waals surface area (Å²) < 4.78 is 10.2. The van der Waals surface area contributed by atoms with E-state index >= 15 is 0 Å². The van der Waals surface area contributed by atoms with Crippen LogP contribution in [0.15, 0.2) is 12.3 Å². The molecule has 1 aliphatic carbocycles. The van der Waals surface area contributed by atoms with Crippen molar-refractivity contribution in [2.24, 2.45) is 0 Å². The third kappa shape index (κ3) is 2.38. The third-order valence-corrected chi connectivity index (χ3v) is 3.47. The Morgan fingerprint density at radius 3 is 2.65 bits per heavy atom. The lowest BCUT2D eigenvalue weighted by molar-refractivity contribution is 0.353. The lowest BCUT2D eigenvalue weighted by atomic mass is 10.1. The molecule has 2 heterocycles. The zero-order chi connectivity index (χ0) is 14.1. The number of hydrogen-bond donors (Lipinski definition) is 0. The van der Waals surface area contributed by atoms with Crippen LogP contribution >= 0.6 is 11.6 Å². The number of methoxy groups -OCH3 is 2. The van der Waals surface area contributed by atoms with Gasteiger partial charge in [-0.1, -0.05) is 11.6 Å². The van der Waals surface area contributed by atoms with Crippen molar-refractivity contribution in [3.63, 3.8) is 0 Å². The number of hydrogen-bond acceptors (Lipinski definition) is 6. The summed E-state index contributed by atoms with van der Waals surface area (Å²) in [5.74, 6) is 0.886. The monoisotopic (exact) mass is 292 g/mol. The highest BCUT2D eigenvalue weighted by atomic mass is 35.5. The van der Waals surface area contributed by atoms with Gasteiger partial charge in [0.25, 0.3) is 0 Å². The van der Waals surface area contributed by atoms with Crippen molar-refractivity contribution in [1.82, 2.24) is 20.2 Å². The minimum Gasteiger partial charge on any atom is -0.480 e. The molecular formula is C13H13ClN4O2. The van der Waals surface area contributed by atoms with Gasteiger partial charge in [-0.2, -0.15) is 4.98 Å². The predicted octanol–water partition coefficient (Wildman–Crippen LogP) is 2.48. The smallest absolute Gasteiger partial charge is 0.319 e. The second kappa shape index (κ2) is 5.20. The van der Waals surface area contributed by atoms with E-state index in [0.29, 0.717) is 28.2 Å². The van der Waals surface area contributed by atoms with Gasteiger partial charge in [0.15, 0.2) is 5.15 Å². The first-order valence-corrected chi connectivity index (χ1v) is 6.59. The van der Waals surface area contributed by atoms with Crippen LogP contribution in [0, 0.1) is 0 Å². The highest BCUT2D eigenvalue weighted by Gasteiger charge is 2.27. The molecule has 0 unspecified atom stereocenters. The Balaban J connectivity index is 2.06. The first-order valence-electron chi connectivity index (χ1n) is 6.21. The van der Waals surface area contributed by atoms with E-state index in [1.165, 1.54) is 14.2 Å². The highest BCUT2D eigenvalue weighted by molar-refractivity contribution is 6.30. The number of ether oxygens (including phenoxy) is 2. The van der Waals surface area contributed by atoms with E-state index in [4.69, 9.17) is 21.1 Å². The van der Waals surface area contributed by atoms with Crippen molar-refractivity contribution in [2.75, 3.05) is 14.2 Å². The second-order valence-corrected chi connectivity index (χ2v) is 4.89. The van der Waals surface area contributed by atoms with Gasteiger partial charge in [-0.3, -0.25) is 0 Å². The molecule has 0 atom stereocenters. The fourth-order valence-electron chi connectivity index (χ4n) is 1.98. The maximum Gasteiger partial charge on any atom is 0.319 e. The van der Waals surface area contributed by atoms with Crippen LogP contribution < -0.4 is 9.47 Å². The number of nitrogens with zero attached hydrogens (tertiary/aromatic N) is 4. The molecule has 1 fully saturated rings. The number of rotatable bonds is 4. The predicted molar refractivity (Wildman–Crippen MR) is 73.1 cm³/mol. The Bertz CT molecular complexity index is 646. The molecule has 0 saturated heterocycles. The van der Waals surface area contributed by atoms with Gasteiger partial charge in [0.1, 0.15) is 5.69 Å². The first kappa shape index (κ1) is 13.1. The zero-order valence-electron chi connectivity index (χ0n) is 11.1.